The number of sulfonamides is 2. The molecular weight excluding hydrogens is 404 g/mol. The normalized spacial score (nSPS) is 13.9. The molecule has 0 N–H and O–H groups in total. The summed E-state index contributed by atoms with van der Waals surface area (Å²) < 4.78 is 123. The number of hydrogen-bond acceptors (Lipinski definition) is 4. The number of imidazole rings is 1. The summed E-state index contributed by atoms with van der Waals surface area (Å²) in [5.74, 6) is -1.30. The average molecular weight is 418 g/mol. The molecule has 1 heterocycles. The maximum Gasteiger partial charge on any atom is 0.531 e. The van der Waals surface area contributed by atoms with Crippen LogP contribution in [0.3, 0.4) is 0 Å². The van der Waals surface area contributed by atoms with Crippen LogP contribution in [0.1, 0.15) is 19.8 Å². The minimum atomic E-state index is -6.89. The minimum absolute atomic E-state index is 0.191. The quantitative estimate of drug-likeness (QED) is 0.520. The van der Waals surface area contributed by atoms with Crippen molar-refractivity contribution in [3.05, 3.63) is 12.4 Å². The number of rotatable bonds is 6. The third-order valence-corrected chi connectivity index (χ3v) is 6.53. The number of halogens is 6. The van der Waals surface area contributed by atoms with Gasteiger partial charge in [0.1, 0.15) is 0 Å². The molecule has 0 atom stereocenters. The maximum absolute atomic E-state index is 12.8. The molecule has 0 unspecified atom stereocenters. The first-order valence-corrected chi connectivity index (χ1v) is 9.45. The molecule has 0 radical (unpaired) electrons. The standard InChI is InChI=1S/C10H14F6N3O4S2/c1-3-4-5-18-7-6-17(2)8(18)19(24(20,21)9(11,12)13)25(22,23)10(14,15)16/h6-7H,3-5H2,1-2H3/q+1. The lowest BCUT2D eigenvalue weighted by molar-refractivity contribution is -0.656. The second kappa shape index (κ2) is 6.66. The van der Waals surface area contributed by atoms with Gasteiger partial charge >= 0.3 is 37.0 Å². The zero-order chi connectivity index (χ0) is 19.8. The highest BCUT2D eigenvalue weighted by molar-refractivity contribution is 8.11. The van der Waals surface area contributed by atoms with E-state index in [0.717, 1.165) is 19.4 Å². The third kappa shape index (κ3) is 3.86. The van der Waals surface area contributed by atoms with Gasteiger partial charge in [-0.1, -0.05) is 13.3 Å². The average Bonchev–Trinajstić information content (AvgIpc) is 2.75. The van der Waals surface area contributed by atoms with Crippen LogP contribution in [0.2, 0.25) is 0 Å². The van der Waals surface area contributed by atoms with Gasteiger partial charge in [-0.3, -0.25) is 0 Å². The lowest BCUT2D eigenvalue weighted by atomic mass is 10.3. The van der Waals surface area contributed by atoms with Crippen LogP contribution in [0, 0.1) is 0 Å². The first-order chi connectivity index (χ1) is 11.1. The highest BCUT2D eigenvalue weighted by Crippen LogP contribution is 2.37. The van der Waals surface area contributed by atoms with Gasteiger partial charge < -0.3 is 0 Å². The Labute approximate surface area is 139 Å². The molecule has 0 spiro atoms. The number of alkyl halides is 6. The summed E-state index contributed by atoms with van der Waals surface area (Å²) >= 11 is 0. The number of nitrogens with zero attached hydrogens (tertiary/aromatic N) is 3. The van der Waals surface area contributed by atoms with Gasteiger partial charge in [-0.25, -0.2) is 9.13 Å². The molecule has 146 valence electrons. The Morgan fingerprint density at radius 1 is 1.04 bits per heavy atom. The van der Waals surface area contributed by atoms with Crippen LogP contribution >= 0.6 is 0 Å². The molecule has 0 fully saturated rings. The van der Waals surface area contributed by atoms with Crippen molar-refractivity contribution >= 4 is 26.0 Å². The van der Waals surface area contributed by atoms with E-state index in [0.29, 0.717) is 15.6 Å². The smallest absolute Gasteiger partial charge is 0.236 e. The predicted molar refractivity (Wildman–Crippen MR) is 72.9 cm³/mol. The summed E-state index contributed by atoms with van der Waals surface area (Å²) in [4.78, 5) is 0. The molecule has 0 aliphatic heterocycles. The van der Waals surface area contributed by atoms with E-state index in [-0.39, 0.29) is 13.0 Å². The van der Waals surface area contributed by atoms with Crippen molar-refractivity contribution in [2.45, 2.75) is 37.3 Å². The van der Waals surface area contributed by atoms with E-state index in [1.54, 1.807) is 6.92 Å². The van der Waals surface area contributed by atoms with E-state index >= 15 is 0 Å². The lowest BCUT2D eigenvalue weighted by Crippen LogP contribution is -2.54. The van der Waals surface area contributed by atoms with E-state index in [1.165, 1.54) is 0 Å². The Bertz CT molecular complexity index is 782. The molecule has 0 aromatic carbocycles. The fourth-order valence-electron chi connectivity index (χ4n) is 1.79. The van der Waals surface area contributed by atoms with Crippen molar-refractivity contribution in [2.24, 2.45) is 7.05 Å². The molecule has 0 saturated carbocycles. The number of anilines is 1. The van der Waals surface area contributed by atoms with Crippen molar-refractivity contribution < 1.29 is 47.7 Å². The van der Waals surface area contributed by atoms with E-state index in [2.05, 4.69) is 0 Å². The Morgan fingerprint density at radius 3 is 1.84 bits per heavy atom. The van der Waals surface area contributed by atoms with Gasteiger partial charge in [0.05, 0.1) is 26.0 Å². The monoisotopic (exact) mass is 418 g/mol. The van der Waals surface area contributed by atoms with Crippen molar-refractivity contribution in [1.82, 2.24) is 4.57 Å². The topological polar surface area (TPSA) is 80.3 Å². The number of aryl methyl sites for hydroxylation is 2. The molecule has 0 saturated heterocycles. The Morgan fingerprint density at radius 2 is 1.48 bits per heavy atom. The van der Waals surface area contributed by atoms with E-state index < -0.39 is 40.7 Å². The van der Waals surface area contributed by atoms with Crippen molar-refractivity contribution in [2.75, 3.05) is 3.71 Å². The van der Waals surface area contributed by atoms with Crippen molar-refractivity contribution in [1.29, 1.82) is 0 Å². The lowest BCUT2D eigenvalue weighted by Gasteiger charge is -2.20. The SMILES string of the molecule is CCCCn1cc[n+](C)c1N(S(=O)(=O)C(F)(F)F)S(=O)(=O)C(F)(F)F. The molecule has 1 rings (SSSR count). The minimum Gasteiger partial charge on any atom is -0.236 e. The zero-order valence-corrected chi connectivity index (χ0v) is 14.5. The van der Waals surface area contributed by atoms with Crippen LogP contribution in [0.4, 0.5) is 32.3 Å². The second-order valence-electron chi connectivity index (χ2n) is 4.85. The molecular formula is C10H14F6N3O4S2+. The zero-order valence-electron chi connectivity index (χ0n) is 12.8. The Hall–Kier alpha value is -1.51. The van der Waals surface area contributed by atoms with Crippen LogP contribution in [0.15, 0.2) is 12.4 Å². The van der Waals surface area contributed by atoms with Crippen LogP contribution in [0.5, 0.6) is 0 Å². The summed E-state index contributed by atoms with van der Waals surface area (Å²) in [6.45, 7) is 1.48. The van der Waals surface area contributed by atoms with E-state index in [9.17, 15) is 43.2 Å². The van der Waals surface area contributed by atoms with Crippen LogP contribution in [-0.2, 0) is 33.6 Å². The highest BCUT2D eigenvalue weighted by atomic mass is 32.3. The van der Waals surface area contributed by atoms with E-state index in [1.807, 2.05) is 0 Å². The molecule has 1 aromatic heterocycles. The summed E-state index contributed by atoms with van der Waals surface area (Å²) in [5.41, 5.74) is -12.5. The summed E-state index contributed by atoms with van der Waals surface area (Å²) in [6.07, 6.45) is 2.65. The Kier molecular flexibility index (Phi) is 5.74. The van der Waals surface area contributed by atoms with Gasteiger partial charge in [-0.05, 0) is 10.1 Å². The van der Waals surface area contributed by atoms with Crippen molar-refractivity contribution in [3.63, 3.8) is 0 Å². The summed E-state index contributed by atoms with van der Waals surface area (Å²) in [6, 6.07) is 0. The van der Waals surface area contributed by atoms with Crippen molar-refractivity contribution in [3.8, 4) is 0 Å². The van der Waals surface area contributed by atoms with Gasteiger partial charge in [0, 0.05) is 0 Å². The molecule has 0 amide bonds. The number of aromatic nitrogens is 2. The fourth-order valence-corrected chi connectivity index (χ4v) is 4.60. The summed E-state index contributed by atoms with van der Waals surface area (Å²) in [7, 11) is -12.9. The van der Waals surface area contributed by atoms with Gasteiger partial charge in [0.25, 0.3) is 0 Å². The van der Waals surface area contributed by atoms with Gasteiger partial charge in [0.15, 0.2) is 0 Å². The summed E-state index contributed by atoms with van der Waals surface area (Å²) in [5, 5.41) is 0. The first-order valence-electron chi connectivity index (χ1n) is 6.57. The molecule has 1 aromatic rings. The van der Waals surface area contributed by atoms with Gasteiger partial charge in [-0.15, -0.1) is 0 Å². The first kappa shape index (κ1) is 21.5. The number of unbranched alkanes of at least 4 members (excludes halogenated alkanes) is 1. The molecule has 0 bridgehead atoms. The van der Waals surface area contributed by atoms with Crippen LogP contribution in [0.25, 0.3) is 0 Å². The van der Waals surface area contributed by atoms with Crippen LogP contribution in [-0.4, -0.2) is 32.4 Å². The second-order valence-corrected chi connectivity index (χ2v) is 8.64. The fraction of sp³-hybridized carbons (Fsp3) is 0.700. The Balaban J connectivity index is 3.82. The van der Waals surface area contributed by atoms with E-state index in [4.69, 9.17) is 0 Å². The molecule has 7 nitrogen and oxygen atoms in total. The molecule has 0 aliphatic carbocycles. The molecule has 0 aliphatic rings. The van der Waals surface area contributed by atoms with Crippen LogP contribution < -0.4 is 8.28 Å². The number of hydrogen-bond donors (Lipinski definition) is 0. The molecule has 15 heteroatoms. The highest BCUT2D eigenvalue weighted by Gasteiger charge is 2.67. The third-order valence-electron chi connectivity index (χ3n) is 2.98. The largest absolute Gasteiger partial charge is 0.531 e. The van der Waals surface area contributed by atoms with Gasteiger partial charge in [0.2, 0.25) is 0 Å². The van der Waals surface area contributed by atoms with Gasteiger partial charge in [-0.2, -0.15) is 43.2 Å². The molecule has 25 heavy (non-hydrogen) atoms. The predicted octanol–water partition coefficient (Wildman–Crippen LogP) is 1.62. The maximum atomic E-state index is 12.8.